The summed E-state index contributed by atoms with van der Waals surface area (Å²) in [5.74, 6) is 0. The van der Waals surface area contributed by atoms with Crippen LogP contribution in [0.4, 0.5) is 0 Å². The molecule has 0 aromatic carbocycles. The van der Waals surface area contributed by atoms with Gasteiger partial charge in [0.05, 0.1) is 0 Å². The molecule has 0 bridgehead atoms. The third kappa shape index (κ3) is 6.46. The molecule has 0 atom stereocenters. The number of ether oxygens (including phenoxy) is 1. The first kappa shape index (κ1) is 13.9. The Hall–Kier alpha value is -0.120. The van der Waals surface area contributed by atoms with Crippen molar-refractivity contribution in [2.75, 3.05) is 32.8 Å². The second-order valence-corrected chi connectivity index (χ2v) is 4.85. The topological polar surface area (TPSA) is 38.5 Å². The van der Waals surface area contributed by atoms with E-state index in [1.54, 1.807) is 0 Å². The van der Waals surface area contributed by atoms with Gasteiger partial charge in [-0.2, -0.15) is 0 Å². The maximum atomic E-state index is 5.87. The molecule has 1 aliphatic rings. The zero-order valence-electron chi connectivity index (χ0n) is 10.8. The summed E-state index contributed by atoms with van der Waals surface area (Å²) < 4.78 is 5.54. The largest absolute Gasteiger partial charge is 0.381 e. The summed E-state index contributed by atoms with van der Waals surface area (Å²) in [6.45, 7) is 7.69. The van der Waals surface area contributed by atoms with Crippen molar-refractivity contribution in [2.24, 2.45) is 5.73 Å². The highest BCUT2D eigenvalue weighted by atomic mass is 16.5. The van der Waals surface area contributed by atoms with E-state index in [2.05, 4.69) is 11.8 Å². The fourth-order valence-corrected chi connectivity index (χ4v) is 2.06. The summed E-state index contributed by atoms with van der Waals surface area (Å²) in [6.07, 6.45) is 7.24. The molecule has 0 aliphatic carbocycles. The van der Waals surface area contributed by atoms with Crippen molar-refractivity contribution < 1.29 is 4.74 Å². The Morgan fingerprint density at radius 2 is 1.81 bits per heavy atom. The number of rotatable bonds is 8. The van der Waals surface area contributed by atoms with Gasteiger partial charge in [-0.05, 0) is 51.7 Å². The van der Waals surface area contributed by atoms with Crippen LogP contribution in [0.2, 0.25) is 0 Å². The molecule has 1 heterocycles. The lowest BCUT2D eigenvalue weighted by molar-refractivity contribution is 0.122. The van der Waals surface area contributed by atoms with Crippen LogP contribution in [0.15, 0.2) is 0 Å². The lowest BCUT2D eigenvalue weighted by Crippen LogP contribution is -2.40. The van der Waals surface area contributed by atoms with Gasteiger partial charge in [0.25, 0.3) is 0 Å². The second-order valence-electron chi connectivity index (χ2n) is 4.85. The fraction of sp³-hybridized carbons (Fsp3) is 1.00. The number of nitrogens with two attached hydrogens (primary N) is 1. The molecule has 0 aromatic rings. The number of unbranched alkanes of at least 4 members (excludes halogenated alkanes) is 2. The quantitative estimate of drug-likeness (QED) is 0.646. The van der Waals surface area contributed by atoms with Gasteiger partial charge in [-0.3, -0.25) is 0 Å². The highest BCUT2D eigenvalue weighted by molar-refractivity contribution is 4.73. The fourth-order valence-electron chi connectivity index (χ4n) is 2.06. The maximum Gasteiger partial charge on any atom is 0.0466 e. The van der Waals surface area contributed by atoms with Gasteiger partial charge in [-0.15, -0.1) is 0 Å². The van der Waals surface area contributed by atoms with E-state index in [1.807, 2.05) is 0 Å². The minimum absolute atomic E-state index is 0.452. The van der Waals surface area contributed by atoms with Crippen LogP contribution in [-0.2, 0) is 4.74 Å². The molecule has 0 spiro atoms. The van der Waals surface area contributed by atoms with E-state index < -0.39 is 0 Å². The van der Waals surface area contributed by atoms with Gasteiger partial charge in [0.1, 0.15) is 0 Å². The normalized spacial score (nSPS) is 19.1. The minimum atomic E-state index is 0.452. The van der Waals surface area contributed by atoms with Gasteiger partial charge in [-0.25, -0.2) is 0 Å². The van der Waals surface area contributed by atoms with Crippen molar-refractivity contribution >= 4 is 0 Å². The molecule has 16 heavy (non-hydrogen) atoms. The van der Waals surface area contributed by atoms with E-state index in [9.17, 15) is 0 Å². The molecule has 1 saturated heterocycles. The first-order chi connectivity index (χ1) is 7.83. The average molecular weight is 228 g/mol. The van der Waals surface area contributed by atoms with E-state index in [-0.39, 0.29) is 0 Å². The van der Waals surface area contributed by atoms with Gasteiger partial charge >= 0.3 is 0 Å². The summed E-state index contributed by atoms with van der Waals surface area (Å²) in [7, 11) is 0. The van der Waals surface area contributed by atoms with E-state index in [1.165, 1.54) is 58.2 Å². The van der Waals surface area contributed by atoms with Gasteiger partial charge in [-0.1, -0.05) is 13.3 Å². The molecule has 0 saturated carbocycles. The standard InChI is InChI=1S/C13H28N2O/c1-2-3-11-16-12-5-4-8-15-9-6-13(14)7-10-15/h13H,2-12,14H2,1H3. The van der Waals surface area contributed by atoms with Gasteiger partial charge in [0, 0.05) is 19.3 Å². The van der Waals surface area contributed by atoms with Gasteiger partial charge in [0.2, 0.25) is 0 Å². The maximum absolute atomic E-state index is 5.87. The Bertz CT molecular complexity index is 156. The zero-order chi connectivity index (χ0) is 11.6. The Labute approximate surface area is 100 Å². The Kier molecular flexibility index (Phi) is 7.81. The van der Waals surface area contributed by atoms with Crippen LogP contribution >= 0.6 is 0 Å². The molecule has 1 fully saturated rings. The number of hydrogen-bond donors (Lipinski definition) is 1. The first-order valence-corrected chi connectivity index (χ1v) is 6.88. The molecule has 0 unspecified atom stereocenters. The molecule has 3 nitrogen and oxygen atoms in total. The predicted molar refractivity (Wildman–Crippen MR) is 68.6 cm³/mol. The van der Waals surface area contributed by atoms with Crippen molar-refractivity contribution in [3.8, 4) is 0 Å². The smallest absolute Gasteiger partial charge is 0.0466 e. The average Bonchev–Trinajstić information content (AvgIpc) is 2.30. The molecular weight excluding hydrogens is 200 g/mol. The van der Waals surface area contributed by atoms with E-state index in [4.69, 9.17) is 10.5 Å². The lowest BCUT2D eigenvalue weighted by Gasteiger charge is -2.29. The van der Waals surface area contributed by atoms with Crippen molar-refractivity contribution in [1.29, 1.82) is 0 Å². The van der Waals surface area contributed by atoms with Crippen LogP contribution in [-0.4, -0.2) is 43.8 Å². The van der Waals surface area contributed by atoms with Crippen LogP contribution in [0.1, 0.15) is 45.4 Å². The Balaban J connectivity index is 1.84. The molecule has 1 aliphatic heterocycles. The summed E-state index contributed by atoms with van der Waals surface area (Å²) in [4.78, 5) is 2.54. The van der Waals surface area contributed by atoms with Crippen molar-refractivity contribution in [3.63, 3.8) is 0 Å². The second kappa shape index (κ2) is 8.97. The highest BCUT2D eigenvalue weighted by Gasteiger charge is 2.14. The van der Waals surface area contributed by atoms with E-state index in [0.29, 0.717) is 6.04 Å². The van der Waals surface area contributed by atoms with Crippen LogP contribution in [0, 0.1) is 0 Å². The summed E-state index contributed by atoms with van der Waals surface area (Å²) >= 11 is 0. The third-order valence-electron chi connectivity index (χ3n) is 3.29. The molecule has 2 N–H and O–H groups in total. The Morgan fingerprint density at radius 1 is 1.12 bits per heavy atom. The molecular formula is C13H28N2O. The molecule has 1 rings (SSSR count). The van der Waals surface area contributed by atoms with Gasteiger partial charge in [0.15, 0.2) is 0 Å². The van der Waals surface area contributed by atoms with Crippen LogP contribution < -0.4 is 5.73 Å². The Morgan fingerprint density at radius 3 is 2.50 bits per heavy atom. The SMILES string of the molecule is CCCCOCCCCN1CCC(N)CC1. The van der Waals surface area contributed by atoms with E-state index in [0.717, 1.165) is 13.2 Å². The number of likely N-dealkylation sites (tertiary alicyclic amines) is 1. The van der Waals surface area contributed by atoms with Crippen molar-refractivity contribution in [3.05, 3.63) is 0 Å². The van der Waals surface area contributed by atoms with Crippen LogP contribution in [0.5, 0.6) is 0 Å². The van der Waals surface area contributed by atoms with Crippen molar-refractivity contribution in [1.82, 2.24) is 4.90 Å². The zero-order valence-corrected chi connectivity index (χ0v) is 10.8. The minimum Gasteiger partial charge on any atom is -0.381 e. The molecule has 0 amide bonds. The van der Waals surface area contributed by atoms with Crippen LogP contribution in [0.3, 0.4) is 0 Å². The monoisotopic (exact) mass is 228 g/mol. The molecule has 0 radical (unpaired) electrons. The van der Waals surface area contributed by atoms with Crippen molar-refractivity contribution in [2.45, 2.75) is 51.5 Å². The highest BCUT2D eigenvalue weighted by Crippen LogP contribution is 2.08. The number of piperidine rings is 1. The molecule has 96 valence electrons. The number of nitrogens with zero attached hydrogens (tertiary/aromatic N) is 1. The summed E-state index contributed by atoms with van der Waals surface area (Å²) in [6, 6.07) is 0.452. The third-order valence-corrected chi connectivity index (χ3v) is 3.29. The number of hydrogen-bond acceptors (Lipinski definition) is 3. The predicted octanol–water partition coefficient (Wildman–Crippen LogP) is 2.01. The summed E-state index contributed by atoms with van der Waals surface area (Å²) in [5.41, 5.74) is 5.87. The molecule has 3 heteroatoms. The molecule has 0 aromatic heterocycles. The summed E-state index contributed by atoms with van der Waals surface area (Å²) in [5, 5.41) is 0. The lowest BCUT2D eigenvalue weighted by atomic mass is 10.1. The van der Waals surface area contributed by atoms with Crippen LogP contribution in [0.25, 0.3) is 0 Å². The van der Waals surface area contributed by atoms with Gasteiger partial charge < -0.3 is 15.4 Å². The first-order valence-electron chi connectivity index (χ1n) is 6.88. The van der Waals surface area contributed by atoms with E-state index >= 15 is 0 Å².